The number of hydrogen-bond acceptors (Lipinski definition) is 5. The second-order valence-electron chi connectivity index (χ2n) is 5.19. The Balaban J connectivity index is 0.00000161. The van der Waals surface area contributed by atoms with Crippen LogP contribution in [0.3, 0.4) is 0 Å². The number of nitrogens with one attached hydrogen (secondary N) is 3. The highest BCUT2D eigenvalue weighted by atomic mass is 35.5. The van der Waals surface area contributed by atoms with Crippen molar-refractivity contribution in [1.82, 2.24) is 15.3 Å². The van der Waals surface area contributed by atoms with E-state index in [2.05, 4.69) is 20.6 Å². The number of aromatic hydroxyl groups is 1. The first kappa shape index (κ1) is 15.6. The first-order valence-corrected chi connectivity index (χ1v) is 6.90. The number of aromatic amines is 1. The van der Waals surface area contributed by atoms with Crippen LogP contribution in [0.15, 0.2) is 23.0 Å². The van der Waals surface area contributed by atoms with Crippen LogP contribution in [0, 0.1) is 5.92 Å². The average Bonchev–Trinajstić information content (AvgIpc) is 2.47. The van der Waals surface area contributed by atoms with Crippen molar-refractivity contribution >= 4 is 29.3 Å². The van der Waals surface area contributed by atoms with Gasteiger partial charge in [0.05, 0.1) is 10.9 Å². The Kier molecular flexibility index (Phi) is 5.03. The van der Waals surface area contributed by atoms with Crippen molar-refractivity contribution in [3.05, 3.63) is 28.6 Å². The Morgan fingerprint density at radius 2 is 2.10 bits per heavy atom. The molecule has 3 rings (SSSR count). The van der Waals surface area contributed by atoms with Gasteiger partial charge in [-0.2, -0.15) is 4.98 Å². The highest BCUT2D eigenvalue weighted by Gasteiger charge is 2.13. The minimum atomic E-state index is -0.331. The number of fused-ring (bicyclic) bond motifs is 1. The van der Waals surface area contributed by atoms with Crippen LogP contribution in [-0.4, -0.2) is 34.7 Å². The summed E-state index contributed by atoms with van der Waals surface area (Å²) in [6, 6.07) is 4.66. The fraction of sp³-hybridized carbons (Fsp3) is 0.429. The minimum absolute atomic E-state index is 0. The summed E-state index contributed by atoms with van der Waals surface area (Å²) in [6.07, 6.45) is 2.28. The highest BCUT2D eigenvalue weighted by molar-refractivity contribution is 5.85. The standard InChI is InChI=1S/C14H18N4O2.ClH/c19-10-1-2-12-11(7-10)13(20)18-14(17-12)16-8-9-3-5-15-6-4-9;/h1-2,7,9,15,19H,3-6,8H2,(H2,16,17,18,20);1H. The molecule has 7 heteroatoms. The van der Waals surface area contributed by atoms with Crippen LogP contribution in [0.2, 0.25) is 0 Å². The molecule has 21 heavy (non-hydrogen) atoms. The largest absolute Gasteiger partial charge is 0.508 e. The number of aromatic nitrogens is 2. The number of halogens is 1. The van der Waals surface area contributed by atoms with Gasteiger partial charge < -0.3 is 20.7 Å². The molecule has 0 atom stereocenters. The van der Waals surface area contributed by atoms with Crippen LogP contribution in [0.5, 0.6) is 5.75 Å². The molecular weight excluding hydrogens is 292 g/mol. The molecule has 0 radical (unpaired) electrons. The summed E-state index contributed by atoms with van der Waals surface area (Å²) in [5.74, 6) is 1.17. The third-order valence-electron chi connectivity index (χ3n) is 3.72. The van der Waals surface area contributed by atoms with Crippen LogP contribution >= 0.6 is 12.4 Å². The number of benzene rings is 1. The molecule has 1 aliphatic heterocycles. The molecule has 0 amide bonds. The van der Waals surface area contributed by atoms with E-state index in [-0.39, 0.29) is 23.7 Å². The van der Waals surface area contributed by atoms with Crippen LogP contribution < -0.4 is 16.2 Å². The maximum Gasteiger partial charge on any atom is 0.282 e. The predicted octanol–water partition coefficient (Wildman–Crippen LogP) is 1.46. The minimum Gasteiger partial charge on any atom is -0.508 e. The fourth-order valence-electron chi connectivity index (χ4n) is 2.55. The van der Waals surface area contributed by atoms with Crippen LogP contribution in [-0.2, 0) is 0 Å². The number of phenolic OH excluding ortho intramolecular Hbond substituents is 1. The third kappa shape index (κ3) is 3.65. The SMILES string of the molecule is Cl.O=c1nc(NCC2CCNCC2)[nH]c2ccc(O)cc12. The molecule has 2 heterocycles. The monoisotopic (exact) mass is 310 g/mol. The Morgan fingerprint density at radius 1 is 1.33 bits per heavy atom. The maximum atomic E-state index is 11.9. The molecule has 0 unspecified atom stereocenters. The zero-order chi connectivity index (χ0) is 13.9. The lowest BCUT2D eigenvalue weighted by Gasteiger charge is -2.22. The molecule has 114 valence electrons. The summed E-state index contributed by atoms with van der Waals surface area (Å²) in [7, 11) is 0. The first-order valence-electron chi connectivity index (χ1n) is 6.90. The molecule has 4 N–H and O–H groups in total. The Labute approximate surface area is 128 Å². The second-order valence-corrected chi connectivity index (χ2v) is 5.19. The number of piperidine rings is 1. The van der Waals surface area contributed by atoms with Crippen molar-refractivity contribution in [2.75, 3.05) is 25.0 Å². The quantitative estimate of drug-likeness (QED) is 0.689. The molecule has 2 aromatic rings. The fourth-order valence-corrected chi connectivity index (χ4v) is 2.55. The van der Waals surface area contributed by atoms with E-state index in [1.165, 1.54) is 6.07 Å². The molecule has 1 saturated heterocycles. The van der Waals surface area contributed by atoms with Gasteiger partial charge in [0.2, 0.25) is 5.95 Å². The number of nitrogens with zero attached hydrogens (tertiary/aromatic N) is 1. The van der Waals surface area contributed by atoms with Gasteiger partial charge in [0.15, 0.2) is 0 Å². The molecule has 0 bridgehead atoms. The molecule has 6 nitrogen and oxygen atoms in total. The highest BCUT2D eigenvalue weighted by Crippen LogP contribution is 2.16. The lowest BCUT2D eigenvalue weighted by atomic mass is 9.98. The van der Waals surface area contributed by atoms with Gasteiger partial charge in [0.25, 0.3) is 5.56 Å². The summed E-state index contributed by atoms with van der Waals surface area (Å²) in [5.41, 5.74) is 0.345. The van der Waals surface area contributed by atoms with Gasteiger partial charge in [0.1, 0.15) is 5.75 Å². The summed E-state index contributed by atoms with van der Waals surface area (Å²) < 4.78 is 0. The van der Waals surface area contributed by atoms with Crippen LogP contribution in [0.25, 0.3) is 10.9 Å². The summed E-state index contributed by atoms with van der Waals surface area (Å²) in [4.78, 5) is 19.0. The van der Waals surface area contributed by atoms with Gasteiger partial charge in [-0.05, 0) is 50.0 Å². The Hall–Kier alpha value is -1.79. The molecular formula is C14H19ClN4O2. The van der Waals surface area contributed by atoms with Gasteiger partial charge in [-0.1, -0.05) is 0 Å². The maximum absolute atomic E-state index is 11.9. The van der Waals surface area contributed by atoms with E-state index < -0.39 is 0 Å². The van der Waals surface area contributed by atoms with E-state index in [4.69, 9.17) is 0 Å². The molecule has 0 spiro atoms. The number of phenols is 1. The van der Waals surface area contributed by atoms with E-state index in [0.29, 0.717) is 22.8 Å². The van der Waals surface area contributed by atoms with Gasteiger partial charge in [0, 0.05) is 6.54 Å². The van der Waals surface area contributed by atoms with E-state index in [9.17, 15) is 9.90 Å². The Bertz CT molecular complexity index is 668. The van der Waals surface area contributed by atoms with Crippen molar-refractivity contribution in [3.63, 3.8) is 0 Å². The van der Waals surface area contributed by atoms with Crippen molar-refractivity contribution in [3.8, 4) is 5.75 Å². The van der Waals surface area contributed by atoms with E-state index in [1.54, 1.807) is 12.1 Å². The smallest absolute Gasteiger partial charge is 0.282 e. The predicted molar refractivity (Wildman–Crippen MR) is 85.4 cm³/mol. The normalized spacial score (nSPS) is 15.6. The number of H-pyrrole nitrogens is 1. The number of hydrogen-bond donors (Lipinski definition) is 4. The van der Waals surface area contributed by atoms with Crippen molar-refractivity contribution in [1.29, 1.82) is 0 Å². The van der Waals surface area contributed by atoms with Crippen molar-refractivity contribution in [2.45, 2.75) is 12.8 Å². The number of rotatable bonds is 3. The van der Waals surface area contributed by atoms with Gasteiger partial charge in [-0.25, -0.2) is 0 Å². The lowest BCUT2D eigenvalue weighted by Crippen LogP contribution is -2.31. The summed E-state index contributed by atoms with van der Waals surface area (Å²) in [6.45, 7) is 2.91. The van der Waals surface area contributed by atoms with E-state index >= 15 is 0 Å². The first-order chi connectivity index (χ1) is 9.72. The van der Waals surface area contributed by atoms with Crippen molar-refractivity contribution in [2.24, 2.45) is 5.92 Å². The topological polar surface area (TPSA) is 90.0 Å². The van der Waals surface area contributed by atoms with Crippen LogP contribution in [0.4, 0.5) is 5.95 Å². The lowest BCUT2D eigenvalue weighted by molar-refractivity contribution is 0.389. The summed E-state index contributed by atoms with van der Waals surface area (Å²) in [5, 5.41) is 16.3. The summed E-state index contributed by atoms with van der Waals surface area (Å²) >= 11 is 0. The molecule has 1 aliphatic rings. The van der Waals surface area contributed by atoms with E-state index in [1.807, 2.05) is 0 Å². The molecule has 1 aromatic heterocycles. The van der Waals surface area contributed by atoms with Gasteiger partial charge >= 0.3 is 0 Å². The molecule has 1 fully saturated rings. The average molecular weight is 311 g/mol. The zero-order valence-electron chi connectivity index (χ0n) is 11.6. The number of anilines is 1. The van der Waals surface area contributed by atoms with Gasteiger partial charge in [-0.15, -0.1) is 12.4 Å². The second kappa shape index (κ2) is 6.78. The molecule has 1 aromatic carbocycles. The third-order valence-corrected chi connectivity index (χ3v) is 3.72. The molecule has 0 saturated carbocycles. The molecule has 0 aliphatic carbocycles. The van der Waals surface area contributed by atoms with Gasteiger partial charge in [-0.3, -0.25) is 4.79 Å². The van der Waals surface area contributed by atoms with E-state index in [0.717, 1.165) is 32.5 Å². The van der Waals surface area contributed by atoms with Crippen molar-refractivity contribution < 1.29 is 5.11 Å². The zero-order valence-corrected chi connectivity index (χ0v) is 12.4. The Morgan fingerprint density at radius 3 is 2.86 bits per heavy atom. The van der Waals surface area contributed by atoms with Crippen LogP contribution in [0.1, 0.15) is 12.8 Å².